The molecule has 0 saturated carbocycles. The number of carbonyl (C=O) groups is 2. The van der Waals surface area contributed by atoms with Crippen molar-refractivity contribution in [3.8, 4) is 0 Å². The minimum Gasteiger partial charge on any atom is -0.383 e. The molecule has 180 valence electrons. The summed E-state index contributed by atoms with van der Waals surface area (Å²) < 4.78 is 46.4. The first-order valence-corrected chi connectivity index (χ1v) is 11.0. The van der Waals surface area contributed by atoms with E-state index in [4.69, 9.17) is 4.74 Å². The highest BCUT2D eigenvalue weighted by Crippen LogP contribution is 2.32. The van der Waals surface area contributed by atoms with E-state index in [2.05, 4.69) is 5.32 Å². The molecule has 0 aliphatic rings. The van der Waals surface area contributed by atoms with Gasteiger partial charge < -0.3 is 10.1 Å². The number of hydrogen-bond donors (Lipinski definition) is 1. The van der Waals surface area contributed by atoms with Gasteiger partial charge >= 0.3 is 6.18 Å². The van der Waals surface area contributed by atoms with Crippen LogP contribution in [0.4, 0.5) is 13.2 Å². The van der Waals surface area contributed by atoms with E-state index in [0.29, 0.717) is 0 Å². The maximum absolute atomic E-state index is 13.4. The molecule has 0 bridgehead atoms. The molecule has 0 aliphatic heterocycles. The van der Waals surface area contributed by atoms with Crippen LogP contribution in [-0.4, -0.2) is 36.0 Å². The molecular formula is C23H27F3N2O4S. The van der Waals surface area contributed by atoms with E-state index in [1.807, 2.05) is 0 Å². The van der Waals surface area contributed by atoms with E-state index in [1.165, 1.54) is 31.4 Å². The molecule has 0 aliphatic carbocycles. The van der Waals surface area contributed by atoms with Gasteiger partial charge in [-0.3, -0.25) is 19.0 Å². The zero-order chi connectivity index (χ0) is 25.0. The Morgan fingerprint density at radius 1 is 1.21 bits per heavy atom. The smallest absolute Gasteiger partial charge is 0.383 e. The molecule has 1 unspecified atom stereocenters. The van der Waals surface area contributed by atoms with Crippen LogP contribution in [0.15, 0.2) is 29.1 Å². The molecular weight excluding hydrogens is 457 g/mol. The Hall–Kier alpha value is -2.72. The molecule has 33 heavy (non-hydrogen) atoms. The van der Waals surface area contributed by atoms with Gasteiger partial charge in [0.05, 0.1) is 16.7 Å². The van der Waals surface area contributed by atoms with Gasteiger partial charge in [-0.15, -0.1) is 11.3 Å². The Morgan fingerprint density at radius 3 is 2.42 bits per heavy atom. The van der Waals surface area contributed by atoms with Crippen molar-refractivity contribution in [2.45, 2.75) is 46.5 Å². The maximum atomic E-state index is 13.4. The lowest BCUT2D eigenvalue weighted by Crippen LogP contribution is -2.42. The van der Waals surface area contributed by atoms with Gasteiger partial charge in [0, 0.05) is 24.6 Å². The second-order valence-electron chi connectivity index (χ2n) is 8.61. The number of aromatic nitrogens is 1. The van der Waals surface area contributed by atoms with Crippen LogP contribution in [-0.2, 0) is 27.0 Å². The number of benzene rings is 1. The number of methoxy groups -OCH3 is 1. The lowest BCUT2D eigenvalue weighted by atomic mass is 9.91. The summed E-state index contributed by atoms with van der Waals surface area (Å²) in [5, 5.41) is 2.68. The van der Waals surface area contributed by atoms with Crippen LogP contribution < -0.4 is 20.1 Å². The number of halogens is 3. The molecule has 1 heterocycles. The summed E-state index contributed by atoms with van der Waals surface area (Å²) in [6, 6.07) is 4.58. The quantitative estimate of drug-likeness (QED) is 0.655. The number of alkyl halides is 3. The van der Waals surface area contributed by atoms with Gasteiger partial charge in [-0.2, -0.15) is 13.2 Å². The van der Waals surface area contributed by atoms with E-state index in [1.54, 1.807) is 27.7 Å². The summed E-state index contributed by atoms with van der Waals surface area (Å²) in [7, 11) is 1.48. The standard InChI is InChI=1S/C23H27F3N2O4S/c1-14(13-32-5)27-19(30)12-28-20(11-18(29)22(2,3)4)33-17(21(28)31)10-15-8-6-7-9-16(15)23(24,25)26/h6-11,14H,12-13H2,1-5H3,(H,27,30). The van der Waals surface area contributed by atoms with Crippen LogP contribution in [0.1, 0.15) is 38.8 Å². The maximum Gasteiger partial charge on any atom is 0.416 e. The monoisotopic (exact) mass is 484 g/mol. The molecule has 6 nitrogen and oxygen atoms in total. The SMILES string of the molecule is COCC(C)NC(=O)Cn1c(=CC(=O)C(C)(C)C)sc(=Cc2ccccc2C(F)(F)F)c1=O. The molecule has 0 saturated heterocycles. The molecule has 0 spiro atoms. The van der Waals surface area contributed by atoms with Crippen molar-refractivity contribution < 1.29 is 27.5 Å². The summed E-state index contributed by atoms with van der Waals surface area (Å²) >= 11 is 0.862. The molecule has 1 aromatic carbocycles. The van der Waals surface area contributed by atoms with Gasteiger partial charge in [-0.25, -0.2) is 0 Å². The molecule has 10 heteroatoms. The van der Waals surface area contributed by atoms with E-state index < -0.39 is 28.6 Å². The first-order chi connectivity index (χ1) is 15.2. The highest BCUT2D eigenvalue weighted by Gasteiger charge is 2.32. The Bertz CT molecular complexity index is 1190. The van der Waals surface area contributed by atoms with Crippen LogP contribution in [0.5, 0.6) is 0 Å². The second-order valence-corrected chi connectivity index (χ2v) is 9.67. The molecule has 2 rings (SSSR count). The average molecular weight is 485 g/mol. The lowest BCUT2D eigenvalue weighted by Gasteiger charge is -2.14. The third kappa shape index (κ3) is 7.13. The van der Waals surface area contributed by atoms with Crippen molar-refractivity contribution in [1.29, 1.82) is 0 Å². The van der Waals surface area contributed by atoms with Gasteiger partial charge in [-0.05, 0) is 24.6 Å². The first-order valence-electron chi connectivity index (χ1n) is 10.2. The van der Waals surface area contributed by atoms with Crippen LogP contribution in [0.3, 0.4) is 0 Å². The minimum absolute atomic E-state index is 0.0163. The predicted molar refractivity (Wildman–Crippen MR) is 121 cm³/mol. The fourth-order valence-electron chi connectivity index (χ4n) is 2.90. The number of ketones is 1. The molecule has 1 amide bonds. The largest absolute Gasteiger partial charge is 0.416 e. The summed E-state index contributed by atoms with van der Waals surface area (Å²) in [6.45, 7) is 6.70. The van der Waals surface area contributed by atoms with E-state index >= 15 is 0 Å². The Labute approximate surface area is 193 Å². The van der Waals surface area contributed by atoms with E-state index in [0.717, 1.165) is 28.0 Å². The van der Waals surface area contributed by atoms with Crippen molar-refractivity contribution in [2.24, 2.45) is 5.41 Å². The third-order valence-electron chi connectivity index (χ3n) is 4.61. The van der Waals surface area contributed by atoms with Crippen molar-refractivity contribution in [2.75, 3.05) is 13.7 Å². The van der Waals surface area contributed by atoms with Crippen molar-refractivity contribution in [3.63, 3.8) is 0 Å². The van der Waals surface area contributed by atoms with Crippen molar-refractivity contribution in [1.82, 2.24) is 9.88 Å². The molecule has 2 aromatic rings. The highest BCUT2D eigenvalue weighted by molar-refractivity contribution is 7.07. The van der Waals surface area contributed by atoms with Crippen LogP contribution in [0, 0.1) is 5.41 Å². The van der Waals surface area contributed by atoms with E-state index in [-0.39, 0.29) is 39.7 Å². The molecule has 1 aromatic heterocycles. The number of ether oxygens (including phenoxy) is 1. The van der Waals surface area contributed by atoms with Crippen LogP contribution in [0.2, 0.25) is 0 Å². The Morgan fingerprint density at radius 2 is 1.85 bits per heavy atom. The zero-order valence-electron chi connectivity index (χ0n) is 19.1. The van der Waals surface area contributed by atoms with Crippen LogP contribution >= 0.6 is 11.3 Å². The predicted octanol–water partition coefficient (Wildman–Crippen LogP) is 2.30. The van der Waals surface area contributed by atoms with Crippen LogP contribution in [0.25, 0.3) is 12.2 Å². The second kappa shape index (κ2) is 10.5. The highest BCUT2D eigenvalue weighted by atomic mass is 32.1. The van der Waals surface area contributed by atoms with Gasteiger partial charge in [0.15, 0.2) is 5.78 Å². The fourth-order valence-corrected chi connectivity index (χ4v) is 3.93. The normalized spacial score (nSPS) is 14.4. The zero-order valence-corrected chi connectivity index (χ0v) is 19.9. The number of hydrogen-bond acceptors (Lipinski definition) is 5. The summed E-state index contributed by atoms with van der Waals surface area (Å²) in [4.78, 5) is 38.1. The molecule has 0 radical (unpaired) electrons. The third-order valence-corrected chi connectivity index (χ3v) is 5.67. The summed E-state index contributed by atoms with van der Waals surface area (Å²) in [5.74, 6) is -0.771. The van der Waals surface area contributed by atoms with E-state index in [9.17, 15) is 27.6 Å². The minimum atomic E-state index is -4.60. The number of nitrogens with one attached hydrogen (secondary N) is 1. The lowest BCUT2D eigenvalue weighted by molar-refractivity contribution is -0.137. The Balaban J connectivity index is 2.65. The first kappa shape index (κ1) is 26.5. The number of amides is 1. The van der Waals surface area contributed by atoms with Crippen molar-refractivity contribution in [3.05, 3.63) is 54.9 Å². The summed E-state index contributed by atoms with van der Waals surface area (Å²) in [6.07, 6.45) is -2.21. The number of nitrogens with zero attached hydrogens (tertiary/aromatic N) is 1. The summed E-state index contributed by atoms with van der Waals surface area (Å²) in [5.41, 5.74) is -2.46. The van der Waals surface area contributed by atoms with Crippen molar-refractivity contribution >= 4 is 35.2 Å². The van der Waals surface area contributed by atoms with Gasteiger partial charge in [0.25, 0.3) is 5.56 Å². The molecule has 1 N–H and O–H groups in total. The van der Waals surface area contributed by atoms with Gasteiger partial charge in [-0.1, -0.05) is 39.0 Å². The number of rotatable bonds is 7. The van der Waals surface area contributed by atoms with Gasteiger partial charge in [0.1, 0.15) is 11.2 Å². The topological polar surface area (TPSA) is 77.4 Å². The number of thiazole rings is 1. The fraction of sp³-hybridized carbons (Fsp3) is 0.435. The number of carbonyl (C=O) groups excluding carboxylic acids is 2. The molecule has 1 atom stereocenters. The molecule has 0 fully saturated rings. The van der Waals surface area contributed by atoms with Gasteiger partial charge in [0.2, 0.25) is 5.91 Å². The average Bonchev–Trinajstić information content (AvgIpc) is 2.95. The number of Topliss-reactive ketones (excluding diaryl/α,β-unsaturated/α-hetero) is 1. The Kier molecular flexibility index (Phi) is 8.42.